The van der Waals surface area contributed by atoms with Crippen LogP contribution in [-0.2, 0) is 0 Å². The summed E-state index contributed by atoms with van der Waals surface area (Å²) in [6.07, 6.45) is 3.03. The standard InChI is InChI=1S/C21H26N2O2/c1-3-11-25-20-10-9-15(12-21(20)24-4-2)17(13-22)18-14-23-19-8-6-5-7-16(18)19/h5-10,12,14,17,23H,3-4,11,13,22H2,1-2H3. The molecule has 132 valence electrons. The van der Waals surface area contributed by atoms with Crippen LogP contribution < -0.4 is 15.2 Å². The molecule has 4 nitrogen and oxygen atoms in total. The number of benzene rings is 2. The summed E-state index contributed by atoms with van der Waals surface area (Å²) in [6.45, 7) is 5.89. The van der Waals surface area contributed by atoms with E-state index in [2.05, 4.69) is 48.4 Å². The Bertz CT molecular complexity index is 826. The summed E-state index contributed by atoms with van der Waals surface area (Å²) in [5.41, 5.74) is 9.62. The van der Waals surface area contributed by atoms with Gasteiger partial charge in [-0.25, -0.2) is 0 Å². The van der Waals surface area contributed by atoms with E-state index in [-0.39, 0.29) is 5.92 Å². The van der Waals surface area contributed by atoms with Crippen LogP contribution in [0.3, 0.4) is 0 Å². The van der Waals surface area contributed by atoms with Crippen molar-refractivity contribution in [1.29, 1.82) is 0 Å². The minimum Gasteiger partial charge on any atom is -0.490 e. The van der Waals surface area contributed by atoms with Crippen molar-refractivity contribution < 1.29 is 9.47 Å². The predicted octanol–water partition coefficient (Wildman–Crippen LogP) is 4.45. The van der Waals surface area contributed by atoms with Crippen molar-refractivity contribution in [3.05, 3.63) is 59.8 Å². The second-order valence-corrected chi connectivity index (χ2v) is 6.07. The van der Waals surface area contributed by atoms with E-state index < -0.39 is 0 Å². The van der Waals surface area contributed by atoms with Gasteiger partial charge in [0.1, 0.15) is 0 Å². The first-order valence-electron chi connectivity index (χ1n) is 8.94. The molecule has 3 aromatic rings. The van der Waals surface area contributed by atoms with Crippen molar-refractivity contribution in [2.75, 3.05) is 19.8 Å². The number of nitrogens with two attached hydrogens (primary N) is 1. The summed E-state index contributed by atoms with van der Waals surface area (Å²) >= 11 is 0. The number of para-hydroxylation sites is 1. The van der Waals surface area contributed by atoms with E-state index in [4.69, 9.17) is 15.2 Å². The van der Waals surface area contributed by atoms with Crippen LogP contribution >= 0.6 is 0 Å². The van der Waals surface area contributed by atoms with Crippen molar-refractivity contribution in [2.45, 2.75) is 26.2 Å². The van der Waals surface area contributed by atoms with Gasteiger partial charge in [0, 0.05) is 29.6 Å². The second-order valence-electron chi connectivity index (χ2n) is 6.07. The van der Waals surface area contributed by atoms with Crippen molar-refractivity contribution in [1.82, 2.24) is 4.98 Å². The van der Waals surface area contributed by atoms with Crippen LogP contribution in [0.2, 0.25) is 0 Å². The van der Waals surface area contributed by atoms with Gasteiger partial charge in [0.05, 0.1) is 13.2 Å². The molecule has 3 N–H and O–H groups in total. The minimum atomic E-state index is 0.107. The zero-order valence-corrected chi connectivity index (χ0v) is 14.9. The first-order valence-corrected chi connectivity index (χ1v) is 8.94. The Morgan fingerprint density at radius 1 is 1.04 bits per heavy atom. The van der Waals surface area contributed by atoms with Gasteiger partial charge in [-0.2, -0.15) is 0 Å². The van der Waals surface area contributed by atoms with Gasteiger partial charge >= 0.3 is 0 Å². The van der Waals surface area contributed by atoms with Gasteiger partial charge in [-0.1, -0.05) is 31.2 Å². The third-order valence-corrected chi connectivity index (χ3v) is 4.36. The zero-order valence-electron chi connectivity index (χ0n) is 14.9. The van der Waals surface area contributed by atoms with E-state index in [0.29, 0.717) is 19.8 Å². The van der Waals surface area contributed by atoms with E-state index in [1.54, 1.807) is 0 Å². The van der Waals surface area contributed by atoms with E-state index in [9.17, 15) is 0 Å². The molecule has 4 heteroatoms. The molecule has 2 aromatic carbocycles. The highest BCUT2D eigenvalue weighted by Gasteiger charge is 2.18. The van der Waals surface area contributed by atoms with Gasteiger partial charge in [-0.05, 0) is 42.7 Å². The Morgan fingerprint density at radius 2 is 1.88 bits per heavy atom. The number of ether oxygens (including phenoxy) is 2. The van der Waals surface area contributed by atoms with Crippen molar-refractivity contribution in [3.8, 4) is 11.5 Å². The first kappa shape index (κ1) is 17.4. The number of aromatic amines is 1. The quantitative estimate of drug-likeness (QED) is 0.638. The zero-order chi connectivity index (χ0) is 17.6. The molecule has 0 aliphatic carbocycles. The number of fused-ring (bicyclic) bond motifs is 1. The first-order chi connectivity index (χ1) is 12.3. The molecule has 0 bridgehead atoms. The van der Waals surface area contributed by atoms with Crippen molar-refractivity contribution >= 4 is 10.9 Å². The molecule has 0 saturated heterocycles. The summed E-state index contributed by atoms with van der Waals surface area (Å²) in [7, 11) is 0. The average molecular weight is 338 g/mol. The maximum atomic E-state index is 6.14. The fraction of sp³-hybridized carbons (Fsp3) is 0.333. The maximum absolute atomic E-state index is 6.14. The Kier molecular flexibility index (Phi) is 5.61. The summed E-state index contributed by atoms with van der Waals surface area (Å²) in [4.78, 5) is 3.34. The minimum absolute atomic E-state index is 0.107. The molecule has 1 unspecified atom stereocenters. The SMILES string of the molecule is CCCOc1ccc(C(CN)c2c[nH]c3ccccc23)cc1OCC. The molecule has 1 aromatic heterocycles. The van der Waals surface area contributed by atoms with Gasteiger partial charge in [0.25, 0.3) is 0 Å². The molecule has 25 heavy (non-hydrogen) atoms. The average Bonchev–Trinajstić information content (AvgIpc) is 3.06. The Labute approximate surface area is 149 Å². The van der Waals surface area contributed by atoms with Gasteiger partial charge in [-0.15, -0.1) is 0 Å². The molecule has 3 rings (SSSR count). The van der Waals surface area contributed by atoms with Gasteiger partial charge in [-0.3, -0.25) is 0 Å². The third kappa shape index (κ3) is 3.64. The predicted molar refractivity (Wildman–Crippen MR) is 103 cm³/mol. The number of nitrogens with one attached hydrogen (secondary N) is 1. The fourth-order valence-corrected chi connectivity index (χ4v) is 3.17. The molecule has 0 spiro atoms. The number of hydrogen-bond donors (Lipinski definition) is 2. The molecule has 0 aliphatic heterocycles. The maximum Gasteiger partial charge on any atom is 0.161 e. The fourth-order valence-electron chi connectivity index (χ4n) is 3.17. The largest absolute Gasteiger partial charge is 0.490 e. The summed E-state index contributed by atoms with van der Waals surface area (Å²) in [5.74, 6) is 1.68. The lowest BCUT2D eigenvalue weighted by atomic mass is 9.91. The number of rotatable bonds is 8. The van der Waals surface area contributed by atoms with Crippen LogP contribution in [0.25, 0.3) is 10.9 Å². The van der Waals surface area contributed by atoms with Crippen LogP contribution in [0, 0.1) is 0 Å². The van der Waals surface area contributed by atoms with Crippen LogP contribution in [0.1, 0.15) is 37.3 Å². The number of hydrogen-bond acceptors (Lipinski definition) is 3. The van der Waals surface area contributed by atoms with Crippen LogP contribution in [-0.4, -0.2) is 24.7 Å². The molecule has 0 fully saturated rings. The highest BCUT2D eigenvalue weighted by Crippen LogP contribution is 2.35. The smallest absolute Gasteiger partial charge is 0.161 e. The van der Waals surface area contributed by atoms with E-state index in [0.717, 1.165) is 29.0 Å². The Hall–Kier alpha value is -2.46. The number of aromatic nitrogens is 1. The van der Waals surface area contributed by atoms with Crippen LogP contribution in [0.4, 0.5) is 0 Å². The molecule has 1 heterocycles. The molecule has 1 atom stereocenters. The van der Waals surface area contributed by atoms with Crippen LogP contribution in [0.5, 0.6) is 11.5 Å². The topological polar surface area (TPSA) is 60.3 Å². The lowest BCUT2D eigenvalue weighted by molar-refractivity contribution is 0.276. The van der Waals surface area contributed by atoms with E-state index in [1.807, 2.05) is 19.1 Å². The summed E-state index contributed by atoms with van der Waals surface area (Å²) < 4.78 is 11.6. The number of H-pyrrole nitrogens is 1. The second kappa shape index (κ2) is 8.08. The lowest BCUT2D eigenvalue weighted by Gasteiger charge is -2.18. The molecular formula is C21H26N2O2. The van der Waals surface area contributed by atoms with Gasteiger partial charge < -0.3 is 20.2 Å². The van der Waals surface area contributed by atoms with Gasteiger partial charge in [0.15, 0.2) is 11.5 Å². The van der Waals surface area contributed by atoms with Crippen LogP contribution in [0.15, 0.2) is 48.7 Å². The molecule has 0 aliphatic rings. The molecule has 0 saturated carbocycles. The molecule has 0 amide bonds. The lowest BCUT2D eigenvalue weighted by Crippen LogP contribution is -2.14. The van der Waals surface area contributed by atoms with Crippen molar-refractivity contribution in [3.63, 3.8) is 0 Å². The third-order valence-electron chi connectivity index (χ3n) is 4.36. The normalized spacial score (nSPS) is 12.3. The van der Waals surface area contributed by atoms with E-state index in [1.165, 1.54) is 10.9 Å². The van der Waals surface area contributed by atoms with Gasteiger partial charge in [0.2, 0.25) is 0 Å². The summed E-state index contributed by atoms with van der Waals surface area (Å²) in [5, 5.41) is 1.21. The highest BCUT2D eigenvalue weighted by molar-refractivity contribution is 5.84. The highest BCUT2D eigenvalue weighted by atomic mass is 16.5. The Morgan fingerprint density at radius 3 is 2.64 bits per heavy atom. The van der Waals surface area contributed by atoms with Crippen molar-refractivity contribution in [2.24, 2.45) is 5.73 Å². The Balaban J connectivity index is 1.99. The summed E-state index contributed by atoms with van der Waals surface area (Å²) in [6, 6.07) is 14.5. The van der Waals surface area contributed by atoms with E-state index >= 15 is 0 Å². The molecule has 0 radical (unpaired) electrons. The molecular weight excluding hydrogens is 312 g/mol. The monoisotopic (exact) mass is 338 g/mol.